The molecular formula is C9H16N2O2. The Balaban J connectivity index is 2.46. The van der Waals surface area contributed by atoms with Crippen LogP contribution in [0.3, 0.4) is 0 Å². The summed E-state index contributed by atoms with van der Waals surface area (Å²) in [6.45, 7) is 4.73. The fourth-order valence-corrected chi connectivity index (χ4v) is 1.63. The van der Waals surface area contributed by atoms with Gasteiger partial charge in [-0.2, -0.15) is 0 Å². The third-order valence-corrected chi connectivity index (χ3v) is 2.58. The normalized spacial score (nSPS) is 21.2. The van der Waals surface area contributed by atoms with Gasteiger partial charge in [0.15, 0.2) is 0 Å². The number of hydrogen-bond acceptors (Lipinski definition) is 2. The Morgan fingerprint density at radius 2 is 2.15 bits per heavy atom. The van der Waals surface area contributed by atoms with E-state index in [1.54, 1.807) is 6.08 Å². The standard InChI is InChI=1S/C9H16N2O2/c1-2-3-9(10)4-6-11(7-5-9)8(12)13/h2H,1,3-7,10H2,(H,12,13). The molecule has 0 unspecified atom stereocenters. The average Bonchev–Trinajstić information content (AvgIpc) is 2.05. The highest BCUT2D eigenvalue weighted by atomic mass is 16.4. The summed E-state index contributed by atoms with van der Waals surface area (Å²) in [6.07, 6.45) is 3.17. The van der Waals surface area contributed by atoms with Gasteiger partial charge in [-0.1, -0.05) is 6.08 Å². The van der Waals surface area contributed by atoms with Crippen molar-refractivity contribution in [1.29, 1.82) is 0 Å². The zero-order chi connectivity index (χ0) is 9.90. The molecule has 0 radical (unpaired) electrons. The lowest BCUT2D eigenvalue weighted by Gasteiger charge is -2.37. The second-order valence-electron chi connectivity index (χ2n) is 3.62. The van der Waals surface area contributed by atoms with Crippen LogP contribution in [0.2, 0.25) is 0 Å². The smallest absolute Gasteiger partial charge is 0.407 e. The second kappa shape index (κ2) is 3.79. The van der Waals surface area contributed by atoms with Crippen LogP contribution in [0.1, 0.15) is 19.3 Å². The predicted octanol–water partition coefficient (Wildman–Crippen LogP) is 1.03. The van der Waals surface area contributed by atoms with Crippen molar-refractivity contribution in [3.8, 4) is 0 Å². The Hall–Kier alpha value is -1.03. The maximum Gasteiger partial charge on any atom is 0.407 e. The van der Waals surface area contributed by atoms with Crippen molar-refractivity contribution in [2.24, 2.45) is 5.73 Å². The van der Waals surface area contributed by atoms with Crippen LogP contribution in [0.25, 0.3) is 0 Å². The van der Waals surface area contributed by atoms with Gasteiger partial charge in [0.25, 0.3) is 0 Å². The molecule has 0 aromatic rings. The maximum absolute atomic E-state index is 10.6. The van der Waals surface area contributed by atoms with Gasteiger partial charge in [-0.05, 0) is 19.3 Å². The monoisotopic (exact) mass is 184 g/mol. The summed E-state index contributed by atoms with van der Waals surface area (Å²) < 4.78 is 0. The highest BCUT2D eigenvalue weighted by Crippen LogP contribution is 2.23. The molecule has 1 aliphatic rings. The summed E-state index contributed by atoms with van der Waals surface area (Å²) in [6, 6.07) is 0. The van der Waals surface area contributed by atoms with Crippen molar-refractivity contribution in [2.45, 2.75) is 24.8 Å². The van der Waals surface area contributed by atoms with E-state index in [0.29, 0.717) is 13.1 Å². The van der Waals surface area contributed by atoms with E-state index in [0.717, 1.165) is 19.3 Å². The number of nitrogens with zero attached hydrogens (tertiary/aromatic N) is 1. The first kappa shape index (κ1) is 10.1. The molecule has 4 nitrogen and oxygen atoms in total. The molecule has 0 saturated carbocycles. The number of likely N-dealkylation sites (tertiary alicyclic amines) is 1. The topological polar surface area (TPSA) is 66.6 Å². The SMILES string of the molecule is C=CCC1(N)CCN(C(=O)O)CC1. The predicted molar refractivity (Wildman–Crippen MR) is 50.6 cm³/mol. The zero-order valence-corrected chi connectivity index (χ0v) is 7.70. The van der Waals surface area contributed by atoms with Crippen molar-refractivity contribution >= 4 is 6.09 Å². The molecular weight excluding hydrogens is 168 g/mol. The molecule has 0 aromatic heterocycles. The van der Waals surface area contributed by atoms with Gasteiger partial charge >= 0.3 is 6.09 Å². The van der Waals surface area contributed by atoms with E-state index in [1.165, 1.54) is 4.90 Å². The molecule has 3 N–H and O–H groups in total. The molecule has 0 aromatic carbocycles. The molecule has 4 heteroatoms. The Morgan fingerprint density at radius 1 is 1.62 bits per heavy atom. The number of hydrogen-bond donors (Lipinski definition) is 2. The fraction of sp³-hybridized carbons (Fsp3) is 0.667. The van der Waals surface area contributed by atoms with Crippen LogP contribution in [-0.2, 0) is 0 Å². The van der Waals surface area contributed by atoms with Crippen LogP contribution in [-0.4, -0.2) is 34.7 Å². The fourth-order valence-electron chi connectivity index (χ4n) is 1.63. The van der Waals surface area contributed by atoms with Crippen LogP contribution >= 0.6 is 0 Å². The number of rotatable bonds is 2. The minimum absolute atomic E-state index is 0.228. The van der Waals surface area contributed by atoms with Gasteiger partial charge in [0.2, 0.25) is 0 Å². The molecule has 1 rings (SSSR count). The summed E-state index contributed by atoms with van der Waals surface area (Å²) in [5, 5.41) is 8.70. The molecule has 1 aliphatic heterocycles. The molecule has 1 saturated heterocycles. The van der Waals surface area contributed by atoms with E-state index in [9.17, 15) is 4.79 Å². The number of carbonyl (C=O) groups is 1. The molecule has 1 fully saturated rings. The first-order valence-corrected chi connectivity index (χ1v) is 4.45. The molecule has 0 spiro atoms. The Bertz CT molecular complexity index is 208. The van der Waals surface area contributed by atoms with Crippen molar-refractivity contribution in [2.75, 3.05) is 13.1 Å². The third kappa shape index (κ3) is 2.45. The van der Waals surface area contributed by atoms with Gasteiger partial charge < -0.3 is 15.7 Å². The average molecular weight is 184 g/mol. The minimum Gasteiger partial charge on any atom is -0.465 e. The highest BCUT2D eigenvalue weighted by Gasteiger charge is 2.30. The van der Waals surface area contributed by atoms with Gasteiger partial charge in [-0.3, -0.25) is 0 Å². The quantitative estimate of drug-likeness (QED) is 0.630. The summed E-state index contributed by atoms with van der Waals surface area (Å²) in [7, 11) is 0. The van der Waals surface area contributed by atoms with Crippen LogP contribution in [0.4, 0.5) is 4.79 Å². The van der Waals surface area contributed by atoms with Crippen LogP contribution < -0.4 is 5.73 Å². The lowest BCUT2D eigenvalue weighted by atomic mass is 9.86. The lowest BCUT2D eigenvalue weighted by Crippen LogP contribution is -2.51. The van der Waals surface area contributed by atoms with E-state index in [-0.39, 0.29) is 5.54 Å². The third-order valence-electron chi connectivity index (χ3n) is 2.58. The lowest BCUT2D eigenvalue weighted by molar-refractivity contribution is 0.118. The Morgan fingerprint density at radius 3 is 2.54 bits per heavy atom. The summed E-state index contributed by atoms with van der Waals surface area (Å²) in [5.41, 5.74) is 5.81. The first-order chi connectivity index (χ1) is 6.07. The molecule has 1 amide bonds. The number of amides is 1. The van der Waals surface area contributed by atoms with E-state index < -0.39 is 6.09 Å². The highest BCUT2D eigenvalue weighted by molar-refractivity contribution is 5.65. The first-order valence-electron chi connectivity index (χ1n) is 4.45. The van der Waals surface area contributed by atoms with Gasteiger partial charge in [-0.25, -0.2) is 4.79 Å². The molecule has 1 heterocycles. The van der Waals surface area contributed by atoms with Crippen molar-refractivity contribution in [3.63, 3.8) is 0 Å². The summed E-state index contributed by atoms with van der Waals surface area (Å²) >= 11 is 0. The van der Waals surface area contributed by atoms with E-state index in [2.05, 4.69) is 6.58 Å². The van der Waals surface area contributed by atoms with Crippen LogP contribution in [0.15, 0.2) is 12.7 Å². The van der Waals surface area contributed by atoms with E-state index in [4.69, 9.17) is 10.8 Å². The van der Waals surface area contributed by atoms with E-state index in [1.807, 2.05) is 0 Å². The van der Waals surface area contributed by atoms with E-state index >= 15 is 0 Å². The largest absolute Gasteiger partial charge is 0.465 e. The summed E-state index contributed by atoms with van der Waals surface area (Å²) in [5.74, 6) is 0. The van der Waals surface area contributed by atoms with Crippen molar-refractivity contribution < 1.29 is 9.90 Å². The zero-order valence-electron chi connectivity index (χ0n) is 7.70. The number of nitrogens with two attached hydrogens (primary N) is 1. The Kier molecular flexibility index (Phi) is 2.93. The van der Waals surface area contributed by atoms with Gasteiger partial charge in [0.1, 0.15) is 0 Å². The number of piperidine rings is 1. The minimum atomic E-state index is -0.847. The molecule has 74 valence electrons. The molecule has 13 heavy (non-hydrogen) atoms. The van der Waals surface area contributed by atoms with Gasteiger partial charge in [-0.15, -0.1) is 6.58 Å². The number of carboxylic acid groups (broad SMARTS) is 1. The van der Waals surface area contributed by atoms with Crippen LogP contribution in [0.5, 0.6) is 0 Å². The molecule has 0 bridgehead atoms. The molecule has 0 aliphatic carbocycles. The second-order valence-corrected chi connectivity index (χ2v) is 3.62. The molecule has 0 atom stereocenters. The van der Waals surface area contributed by atoms with Crippen LogP contribution in [0, 0.1) is 0 Å². The van der Waals surface area contributed by atoms with Gasteiger partial charge in [0.05, 0.1) is 0 Å². The van der Waals surface area contributed by atoms with Gasteiger partial charge in [0, 0.05) is 18.6 Å². The van der Waals surface area contributed by atoms with Crippen molar-refractivity contribution in [3.05, 3.63) is 12.7 Å². The van der Waals surface area contributed by atoms with Crippen molar-refractivity contribution in [1.82, 2.24) is 4.90 Å². The summed E-state index contributed by atoms with van der Waals surface area (Å²) in [4.78, 5) is 12.0. The Labute approximate surface area is 78.0 Å². The maximum atomic E-state index is 10.6.